The number of aliphatic hydroxyl groups is 1. The van der Waals surface area contributed by atoms with Gasteiger partial charge in [0.25, 0.3) is 0 Å². The Hall–Kier alpha value is -2.05. The van der Waals surface area contributed by atoms with Crippen molar-refractivity contribution < 1.29 is 14.6 Å². The Labute approximate surface area is 197 Å². The molecule has 33 heavy (non-hydrogen) atoms. The van der Waals surface area contributed by atoms with Gasteiger partial charge >= 0.3 is 0 Å². The van der Waals surface area contributed by atoms with Crippen molar-refractivity contribution in [3.8, 4) is 5.75 Å². The lowest BCUT2D eigenvalue weighted by atomic mass is 9.68. The molecular weight excluding hydrogens is 414 g/mol. The monoisotopic (exact) mass is 453 g/mol. The van der Waals surface area contributed by atoms with E-state index in [1.807, 2.05) is 4.90 Å². The van der Waals surface area contributed by atoms with Crippen LogP contribution in [-0.4, -0.2) is 65.3 Å². The number of methoxy groups -OCH3 is 1. The van der Waals surface area contributed by atoms with E-state index in [-0.39, 0.29) is 24.0 Å². The Bertz CT molecular complexity index is 1020. The van der Waals surface area contributed by atoms with Crippen molar-refractivity contribution in [3.63, 3.8) is 0 Å². The molecule has 1 aromatic heterocycles. The quantitative estimate of drug-likeness (QED) is 0.760. The van der Waals surface area contributed by atoms with Gasteiger partial charge in [0, 0.05) is 62.7 Å². The normalized spacial score (nSPS) is 23.8. The molecule has 1 amide bonds. The van der Waals surface area contributed by atoms with Crippen LogP contribution in [0.2, 0.25) is 0 Å². The average molecular weight is 454 g/mol. The Morgan fingerprint density at radius 1 is 1.18 bits per heavy atom. The van der Waals surface area contributed by atoms with E-state index >= 15 is 0 Å². The van der Waals surface area contributed by atoms with Crippen molar-refractivity contribution in [2.75, 3.05) is 39.9 Å². The number of amides is 1. The molecule has 2 aliphatic heterocycles. The van der Waals surface area contributed by atoms with Gasteiger partial charge in [-0.2, -0.15) is 0 Å². The molecule has 0 bridgehead atoms. The highest BCUT2D eigenvalue weighted by atomic mass is 16.5. The molecule has 6 nitrogen and oxygen atoms in total. The molecule has 1 saturated heterocycles. The maximum atomic E-state index is 12.1. The summed E-state index contributed by atoms with van der Waals surface area (Å²) in [6, 6.07) is 6.41. The molecule has 6 heteroatoms. The first-order valence-corrected chi connectivity index (χ1v) is 12.7. The third kappa shape index (κ3) is 3.85. The Kier molecular flexibility index (Phi) is 6.17. The fourth-order valence-corrected chi connectivity index (χ4v) is 7.01. The third-order valence-electron chi connectivity index (χ3n) is 8.80. The second-order valence-electron chi connectivity index (χ2n) is 10.6. The number of aliphatic hydroxyl groups excluding tert-OH is 1. The standard InChI is InChI=1S/C27H39N3O3/c1-19(32)29-13-11-27(12-14-29)18-30(16-20-7-5-4-6-8-20)24(17-31)26-25(27)22-10-9-21(33-3)15-23(22)28(26)2/h9-10,15,20,24,31H,4-8,11-14,16-18H2,1-3H3/t24-/m1/s1. The number of rotatable bonds is 4. The molecule has 2 aromatic rings. The van der Waals surface area contributed by atoms with E-state index in [4.69, 9.17) is 4.74 Å². The van der Waals surface area contributed by atoms with Gasteiger partial charge in [-0.05, 0) is 49.3 Å². The van der Waals surface area contributed by atoms with Crippen LogP contribution in [0.1, 0.15) is 69.2 Å². The molecule has 2 fully saturated rings. The summed E-state index contributed by atoms with van der Waals surface area (Å²) in [5, 5.41) is 11.9. The predicted octanol–water partition coefficient (Wildman–Crippen LogP) is 4.00. The van der Waals surface area contributed by atoms with Crippen LogP contribution in [0.15, 0.2) is 18.2 Å². The number of carbonyl (C=O) groups excluding carboxylic acids is 1. The highest BCUT2D eigenvalue weighted by Gasteiger charge is 2.48. The van der Waals surface area contributed by atoms with E-state index in [2.05, 4.69) is 34.7 Å². The molecule has 1 aliphatic carbocycles. The minimum Gasteiger partial charge on any atom is -0.497 e. The summed E-state index contributed by atoms with van der Waals surface area (Å²) >= 11 is 0. The Morgan fingerprint density at radius 2 is 1.91 bits per heavy atom. The lowest BCUT2D eigenvalue weighted by Crippen LogP contribution is -2.55. The molecule has 1 aromatic carbocycles. The number of aryl methyl sites for hydroxylation is 1. The number of hydrogen-bond acceptors (Lipinski definition) is 4. The molecule has 0 unspecified atom stereocenters. The highest BCUT2D eigenvalue weighted by Crippen LogP contribution is 2.50. The zero-order valence-corrected chi connectivity index (χ0v) is 20.5. The van der Waals surface area contributed by atoms with Crippen molar-refractivity contribution >= 4 is 16.8 Å². The zero-order chi connectivity index (χ0) is 23.2. The molecule has 0 radical (unpaired) electrons. The molecule has 1 atom stereocenters. The molecular formula is C27H39N3O3. The molecule has 1 saturated carbocycles. The van der Waals surface area contributed by atoms with Crippen molar-refractivity contribution in [2.45, 2.75) is 63.3 Å². The van der Waals surface area contributed by atoms with Crippen molar-refractivity contribution in [1.29, 1.82) is 0 Å². The first kappa shape index (κ1) is 22.7. The highest BCUT2D eigenvalue weighted by molar-refractivity contribution is 5.88. The van der Waals surface area contributed by atoms with Gasteiger partial charge in [0.2, 0.25) is 5.91 Å². The van der Waals surface area contributed by atoms with Crippen molar-refractivity contribution in [3.05, 3.63) is 29.5 Å². The minimum absolute atomic E-state index is 0.00964. The van der Waals surface area contributed by atoms with Gasteiger partial charge in [-0.1, -0.05) is 19.3 Å². The number of piperidine rings is 1. The van der Waals surface area contributed by atoms with E-state index in [0.717, 1.165) is 50.7 Å². The van der Waals surface area contributed by atoms with E-state index in [9.17, 15) is 9.90 Å². The number of aromatic nitrogens is 1. The Morgan fingerprint density at radius 3 is 2.55 bits per heavy atom. The van der Waals surface area contributed by atoms with Gasteiger partial charge in [0.15, 0.2) is 0 Å². The maximum absolute atomic E-state index is 12.1. The fraction of sp³-hybridized carbons (Fsp3) is 0.667. The first-order chi connectivity index (χ1) is 16.0. The van der Waals surface area contributed by atoms with E-state index < -0.39 is 0 Å². The third-order valence-corrected chi connectivity index (χ3v) is 8.80. The average Bonchev–Trinajstić information content (AvgIpc) is 3.13. The number of carbonyl (C=O) groups is 1. The van der Waals surface area contributed by atoms with E-state index in [0.29, 0.717) is 0 Å². The summed E-state index contributed by atoms with van der Waals surface area (Å²) < 4.78 is 7.85. The maximum Gasteiger partial charge on any atom is 0.219 e. The lowest BCUT2D eigenvalue weighted by Gasteiger charge is -2.51. The number of nitrogens with zero attached hydrogens (tertiary/aromatic N) is 3. The largest absolute Gasteiger partial charge is 0.497 e. The van der Waals surface area contributed by atoms with Crippen molar-refractivity contribution in [1.82, 2.24) is 14.4 Å². The topological polar surface area (TPSA) is 57.9 Å². The molecule has 3 heterocycles. The number of likely N-dealkylation sites (tertiary alicyclic amines) is 1. The van der Waals surface area contributed by atoms with Crippen LogP contribution in [0.5, 0.6) is 5.75 Å². The number of hydrogen-bond donors (Lipinski definition) is 1. The Balaban J connectivity index is 1.61. The van der Waals surface area contributed by atoms with Crippen LogP contribution in [0, 0.1) is 5.92 Å². The summed E-state index contributed by atoms with van der Waals surface area (Å²) in [4.78, 5) is 16.7. The van der Waals surface area contributed by atoms with Gasteiger partial charge < -0.3 is 19.3 Å². The predicted molar refractivity (Wildman–Crippen MR) is 131 cm³/mol. The van der Waals surface area contributed by atoms with Gasteiger partial charge in [-0.15, -0.1) is 0 Å². The second kappa shape index (κ2) is 8.95. The summed E-state index contributed by atoms with van der Waals surface area (Å²) in [5.41, 5.74) is 3.85. The number of benzene rings is 1. The van der Waals surface area contributed by atoms with Gasteiger partial charge in [0.05, 0.1) is 25.3 Å². The SMILES string of the molecule is COc1ccc2c3c(n(C)c2c1)[C@@H](CO)N(CC1CCCCC1)CC31CCN(C(C)=O)CC1. The fourth-order valence-electron chi connectivity index (χ4n) is 7.01. The first-order valence-electron chi connectivity index (χ1n) is 12.7. The zero-order valence-electron chi connectivity index (χ0n) is 20.5. The smallest absolute Gasteiger partial charge is 0.219 e. The van der Waals surface area contributed by atoms with Gasteiger partial charge in [-0.25, -0.2) is 0 Å². The lowest BCUT2D eigenvalue weighted by molar-refractivity contribution is -0.130. The molecule has 180 valence electrons. The van der Waals surface area contributed by atoms with Crippen LogP contribution in [0.4, 0.5) is 0 Å². The summed E-state index contributed by atoms with van der Waals surface area (Å²) in [6.07, 6.45) is 8.59. The summed E-state index contributed by atoms with van der Waals surface area (Å²) in [6.45, 7) is 5.47. The minimum atomic E-state index is 0.00964. The van der Waals surface area contributed by atoms with Crippen LogP contribution in [-0.2, 0) is 17.3 Å². The van der Waals surface area contributed by atoms with Crippen LogP contribution >= 0.6 is 0 Å². The van der Waals surface area contributed by atoms with E-state index in [1.54, 1.807) is 14.0 Å². The number of fused-ring (bicyclic) bond motifs is 4. The van der Waals surface area contributed by atoms with Crippen LogP contribution in [0.3, 0.4) is 0 Å². The summed E-state index contributed by atoms with van der Waals surface area (Å²) in [5.74, 6) is 1.76. The number of ether oxygens (including phenoxy) is 1. The van der Waals surface area contributed by atoms with Crippen LogP contribution < -0.4 is 4.74 Å². The molecule has 3 aliphatic rings. The van der Waals surface area contributed by atoms with E-state index in [1.165, 1.54) is 54.3 Å². The second-order valence-corrected chi connectivity index (χ2v) is 10.6. The molecule has 5 rings (SSSR count). The van der Waals surface area contributed by atoms with Gasteiger partial charge in [-0.3, -0.25) is 9.69 Å². The van der Waals surface area contributed by atoms with Gasteiger partial charge in [0.1, 0.15) is 5.75 Å². The van der Waals surface area contributed by atoms with Crippen molar-refractivity contribution in [2.24, 2.45) is 13.0 Å². The summed E-state index contributed by atoms with van der Waals surface area (Å²) in [7, 11) is 3.86. The van der Waals surface area contributed by atoms with Crippen LogP contribution in [0.25, 0.3) is 10.9 Å². The molecule has 1 spiro atoms. The molecule has 1 N–H and O–H groups in total.